The van der Waals surface area contributed by atoms with Gasteiger partial charge in [0.15, 0.2) is 5.78 Å². The molecule has 0 saturated carbocycles. The minimum atomic E-state index is -0.532. The Balaban J connectivity index is 0.00000108. The van der Waals surface area contributed by atoms with Gasteiger partial charge in [0.1, 0.15) is 0 Å². The van der Waals surface area contributed by atoms with Crippen LogP contribution in [0.5, 0.6) is 0 Å². The first-order valence-electron chi connectivity index (χ1n) is 5.13. The lowest BCUT2D eigenvalue weighted by molar-refractivity contribution is 0.0976. The Morgan fingerprint density at radius 3 is 2.82 bits per heavy atom. The molecule has 1 aliphatic rings. The summed E-state index contributed by atoms with van der Waals surface area (Å²) in [6.45, 7) is 0. The second kappa shape index (κ2) is 4.28. The third kappa shape index (κ3) is 1.84. The summed E-state index contributed by atoms with van der Waals surface area (Å²) in [7, 11) is 0. The maximum atomic E-state index is 11.8. The second-order valence-corrected chi connectivity index (χ2v) is 3.86. The largest absolute Gasteiger partial charge is 0.318 e. The molecule has 1 aromatic heterocycles. The molecule has 2 aromatic rings. The fourth-order valence-corrected chi connectivity index (χ4v) is 1.92. The number of carbonyl (C=O) groups is 1. The summed E-state index contributed by atoms with van der Waals surface area (Å²) in [6.07, 6.45) is 3.50. The molecule has 1 aromatic carbocycles. The molecule has 0 bridgehead atoms. The molecule has 3 nitrogen and oxygen atoms in total. The predicted molar refractivity (Wildman–Crippen MR) is 70.3 cm³/mol. The van der Waals surface area contributed by atoms with E-state index in [-0.39, 0.29) is 18.2 Å². The average molecular weight is 247 g/mol. The van der Waals surface area contributed by atoms with Crippen LogP contribution in [-0.2, 0) is 0 Å². The molecular weight excluding hydrogens is 236 g/mol. The highest BCUT2D eigenvalue weighted by Crippen LogP contribution is 2.22. The summed E-state index contributed by atoms with van der Waals surface area (Å²) in [5.41, 5.74) is 7.90. The van der Waals surface area contributed by atoms with Crippen LogP contribution in [0.4, 0.5) is 0 Å². The van der Waals surface area contributed by atoms with Crippen LogP contribution in [0.1, 0.15) is 16.1 Å². The molecule has 1 unspecified atom stereocenters. The number of Topliss-reactive ketones (excluding diaryl/α,β-unsaturated/α-hetero) is 1. The summed E-state index contributed by atoms with van der Waals surface area (Å²) in [6, 6.07) is 9.07. The molecule has 0 radical (unpaired) electrons. The monoisotopic (exact) mass is 246 g/mol. The van der Waals surface area contributed by atoms with Crippen molar-refractivity contribution >= 4 is 35.2 Å². The van der Waals surface area contributed by atoms with Gasteiger partial charge in [-0.1, -0.05) is 24.3 Å². The van der Waals surface area contributed by atoms with E-state index in [0.29, 0.717) is 11.3 Å². The first-order chi connectivity index (χ1) is 7.75. The Hall–Kier alpha value is -1.71. The smallest absolute Gasteiger partial charge is 0.185 e. The van der Waals surface area contributed by atoms with Crippen molar-refractivity contribution in [2.24, 2.45) is 5.73 Å². The van der Waals surface area contributed by atoms with Crippen LogP contribution < -0.4 is 5.73 Å². The van der Waals surface area contributed by atoms with Gasteiger partial charge in [0.05, 0.1) is 17.3 Å². The van der Waals surface area contributed by atoms with Crippen molar-refractivity contribution in [3.8, 4) is 0 Å². The molecule has 0 amide bonds. The fourth-order valence-electron chi connectivity index (χ4n) is 1.92. The highest BCUT2D eigenvalue weighted by molar-refractivity contribution is 6.08. The summed E-state index contributed by atoms with van der Waals surface area (Å²) < 4.78 is 0. The molecular formula is C13H11ClN2O. The maximum Gasteiger partial charge on any atom is 0.185 e. The zero-order valence-corrected chi connectivity index (χ0v) is 9.78. The van der Waals surface area contributed by atoms with E-state index in [1.807, 2.05) is 36.4 Å². The molecule has 17 heavy (non-hydrogen) atoms. The topological polar surface area (TPSA) is 56.0 Å². The number of halogens is 1. The van der Waals surface area contributed by atoms with Crippen LogP contribution in [0, 0.1) is 0 Å². The lowest BCUT2D eigenvalue weighted by atomic mass is 9.96. The molecule has 0 aliphatic heterocycles. The second-order valence-electron chi connectivity index (χ2n) is 3.86. The molecule has 1 aliphatic carbocycles. The third-order valence-electron chi connectivity index (χ3n) is 2.78. The Kier molecular flexibility index (Phi) is 2.96. The summed E-state index contributed by atoms with van der Waals surface area (Å²) in [5.74, 6) is -0.0595. The van der Waals surface area contributed by atoms with Crippen LogP contribution in [0.15, 0.2) is 36.4 Å². The van der Waals surface area contributed by atoms with Gasteiger partial charge < -0.3 is 5.73 Å². The SMILES string of the molecule is Cl.NC1C=Cc2nc3ccccc3cc2C1=O. The number of nitrogens with two attached hydrogens (primary N) is 1. The van der Waals surface area contributed by atoms with E-state index in [1.54, 1.807) is 6.08 Å². The summed E-state index contributed by atoms with van der Waals surface area (Å²) in [4.78, 5) is 16.3. The lowest BCUT2D eigenvalue weighted by Crippen LogP contribution is -2.31. The number of aromatic nitrogens is 1. The standard InChI is InChI=1S/C13H10N2O.ClH/c14-10-5-6-12-9(13(10)16)7-8-3-1-2-4-11(8)15-12;/h1-7,10H,14H2;1H. The molecule has 3 rings (SSSR count). The van der Waals surface area contributed by atoms with Gasteiger partial charge in [-0.3, -0.25) is 4.79 Å². The van der Waals surface area contributed by atoms with Gasteiger partial charge >= 0.3 is 0 Å². The van der Waals surface area contributed by atoms with E-state index in [2.05, 4.69) is 4.98 Å². The molecule has 0 spiro atoms. The quantitative estimate of drug-likeness (QED) is 0.775. The number of nitrogens with zero attached hydrogens (tertiary/aromatic N) is 1. The van der Waals surface area contributed by atoms with Crippen molar-refractivity contribution in [1.29, 1.82) is 0 Å². The fraction of sp³-hybridized carbons (Fsp3) is 0.0769. The zero-order valence-electron chi connectivity index (χ0n) is 8.96. The van der Waals surface area contributed by atoms with Gasteiger partial charge in [-0.15, -0.1) is 12.4 Å². The molecule has 1 heterocycles. The third-order valence-corrected chi connectivity index (χ3v) is 2.78. The van der Waals surface area contributed by atoms with Gasteiger partial charge in [-0.2, -0.15) is 0 Å². The van der Waals surface area contributed by atoms with E-state index in [1.165, 1.54) is 0 Å². The number of benzene rings is 1. The van der Waals surface area contributed by atoms with E-state index in [4.69, 9.17) is 5.73 Å². The summed E-state index contributed by atoms with van der Waals surface area (Å²) in [5, 5.41) is 0.970. The van der Waals surface area contributed by atoms with Crippen LogP contribution >= 0.6 is 12.4 Å². The van der Waals surface area contributed by atoms with E-state index in [9.17, 15) is 4.79 Å². The number of para-hydroxylation sites is 1. The van der Waals surface area contributed by atoms with E-state index >= 15 is 0 Å². The Labute approximate surface area is 105 Å². The summed E-state index contributed by atoms with van der Waals surface area (Å²) >= 11 is 0. The minimum absolute atomic E-state index is 0. The van der Waals surface area contributed by atoms with Crippen molar-refractivity contribution < 1.29 is 4.79 Å². The highest BCUT2D eigenvalue weighted by atomic mass is 35.5. The number of hydrogen-bond acceptors (Lipinski definition) is 3. The molecule has 4 heteroatoms. The molecule has 86 valence electrons. The molecule has 1 atom stereocenters. The first-order valence-corrected chi connectivity index (χ1v) is 5.13. The minimum Gasteiger partial charge on any atom is -0.318 e. The van der Waals surface area contributed by atoms with Crippen molar-refractivity contribution in [3.05, 3.63) is 47.7 Å². The van der Waals surface area contributed by atoms with Crippen molar-refractivity contribution in [3.63, 3.8) is 0 Å². The number of rotatable bonds is 0. The van der Waals surface area contributed by atoms with Gasteiger partial charge in [0.2, 0.25) is 0 Å². The average Bonchev–Trinajstić information content (AvgIpc) is 2.32. The van der Waals surface area contributed by atoms with Gasteiger partial charge in [0.25, 0.3) is 0 Å². The molecule has 0 fully saturated rings. The van der Waals surface area contributed by atoms with E-state index < -0.39 is 6.04 Å². The maximum absolute atomic E-state index is 11.8. The van der Waals surface area contributed by atoms with Crippen LogP contribution in [-0.4, -0.2) is 16.8 Å². The normalized spacial score (nSPS) is 17.7. The van der Waals surface area contributed by atoms with Crippen LogP contribution in [0.25, 0.3) is 17.0 Å². The van der Waals surface area contributed by atoms with E-state index in [0.717, 1.165) is 10.9 Å². The van der Waals surface area contributed by atoms with Gasteiger partial charge in [0, 0.05) is 10.9 Å². The molecule has 0 saturated heterocycles. The van der Waals surface area contributed by atoms with Gasteiger partial charge in [-0.25, -0.2) is 4.98 Å². The zero-order chi connectivity index (χ0) is 11.1. The van der Waals surface area contributed by atoms with Crippen LogP contribution in [0.2, 0.25) is 0 Å². The Bertz CT molecular complexity index is 622. The van der Waals surface area contributed by atoms with Crippen molar-refractivity contribution in [2.45, 2.75) is 6.04 Å². The van der Waals surface area contributed by atoms with Crippen LogP contribution in [0.3, 0.4) is 0 Å². The number of fused-ring (bicyclic) bond motifs is 2. The van der Waals surface area contributed by atoms with Gasteiger partial charge in [-0.05, 0) is 18.2 Å². The Morgan fingerprint density at radius 2 is 2.00 bits per heavy atom. The Morgan fingerprint density at radius 1 is 1.24 bits per heavy atom. The number of ketones is 1. The van der Waals surface area contributed by atoms with Crippen molar-refractivity contribution in [2.75, 3.05) is 0 Å². The predicted octanol–water partition coefficient (Wildman–Crippen LogP) is 2.19. The number of pyridine rings is 1. The van der Waals surface area contributed by atoms with Crippen molar-refractivity contribution in [1.82, 2.24) is 4.98 Å². The molecule has 2 N–H and O–H groups in total. The number of carbonyl (C=O) groups excluding carboxylic acids is 1. The number of hydrogen-bond donors (Lipinski definition) is 1. The lowest BCUT2D eigenvalue weighted by Gasteiger charge is -2.14. The highest BCUT2D eigenvalue weighted by Gasteiger charge is 2.21. The first kappa shape index (κ1) is 11.8.